The van der Waals surface area contributed by atoms with Crippen molar-refractivity contribution in [1.82, 2.24) is 4.57 Å². The number of aromatic nitrogens is 1. The number of benzene rings is 2. The summed E-state index contributed by atoms with van der Waals surface area (Å²) in [7, 11) is 0. The molecule has 1 N–H and O–H groups in total. The van der Waals surface area contributed by atoms with E-state index in [1.165, 1.54) is 27.6 Å². The first-order chi connectivity index (χ1) is 14.1. The van der Waals surface area contributed by atoms with E-state index in [4.69, 9.17) is 0 Å². The van der Waals surface area contributed by atoms with E-state index in [-0.39, 0.29) is 11.8 Å². The summed E-state index contributed by atoms with van der Waals surface area (Å²) in [6.07, 6.45) is 4.57. The lowest BCUT2D eigenvalue weighted by Crippen LogP contribution is -2.56. The average Bonchev–Trinajstić information content (AvgIpc) is 2.99. The van der Waals surface area contributed by atoms with Crippen molar-refractivity contribution >= 4 is 33.4 Å². The summed E-state index contributed by atoms with van der Waals surface area (Å²) in [5, 5.41) is 11.8. The van der Waals surface area contributed by atoms with Crippen LogP contribution in [0.4, 0.5) is 0 Å². The second-order valence-electron chi connectivity index (χ2n) is 9.41. The molecular weight excluding hydrogens is 354 g/mol. The van der Waals surface area contributed by atoms with E-state index in [1.807, 2.05) is 0 Å². The number of rotatable bonds is 0. The van der Waals surface area contributed by atoms with Crippen molar-refractivity contribution in [3.05, 3.63) is 60.7 Å². The molecule has 3 aliphatic rings. The van der Waals surface area contributed by atoms with Crippen LogP contribution in [0.5, 0.6) is 0 Å². The van der Waals surface area contributed by atoms with Gasteiger partial charge in [0.1, 0.15) is 23.0 Å². The topological polar surface area (TPSA) is 31.8 Å². The fraction of sp³-hybridized carbons (Fsp3) is 0.385. The molecule has 3 nitrogen and oxygen atoms in total. The van der Waals surface area contributed by atoms with E-state index in [2.05, 4.69) is 90.6 Å². The predicted octanol–water partition coefficient (Wildman–Crippen LogP) is 5.18. The Balaban J connectivity index is 1.75. The molecule has 3 heteroatoms. The molecule has 0 saturated carbocycles. The first-order valence-corrected chi connectivity index (χ1v) is 11.0. The van der Waals surface area contributed by atoms with Gasteiger partial charge in [0, 0.05) is 16.5 Å². The standard InChI is InChI=1S/C26H28N3/c1-15-14-28-21-13-12-20(21)25(27)24(17(3)16(15)2)26(28)29-22-10-6-4-8-18(22)19-9-5-7-11-23(19)29/h4-13,15-17,20-21,24,27H,14H2,1-3H3/q+1/t15-,16-,17-,20?,21?,24+/m1/s1. The lowest BCUT2D eigenvalue weighted by Gasteiger charge is -2.40. The maximum absolute atomic E-state index is 9.18. The summed E-state index contributed by atoms with van der Waals surface area (Å²) in [5.41, 5.74) is 3.45. The van der Waals surface area contributed by atoms with E-state index in [0.717, 1.165) is 12.3 Å². The minimum atomic E-state index is 0.167. The molecule has 2 unspecified atom stereocenters. The van der Waals surface area contributed by atoms with Crippen molar-refractivity contribution in [3.8, 4) is 0 Å². The summed E-state index contributed by atoms with van der Waals surface area (Å²) in [6, 6.07) is 17.9. The summed E-state index contributed by atoms with van der Waals surface area (Å²) in [4.78, 5) is 0. The minimum absolute atomic E-state index is 0.167. The number of hydrogen-bond acceptors (Lipinski definition) is 1. The third kappa shape index (κ3) is 2.13. The molecule has 1 aromatic heterocycles. The molecule has 6 rings (SSSR count). The van der Waals surface area contributed by atoms with Crippen LogP contribution in [0.2, 0.25) is 0 Å². The van der Waals surface area contributed by atoms with Gasteiger partial charge >= 0.3 is 0 Å². The van der Waals surface area contributed by atoms with Crippen LogP contribution >= 0.6 is 0 Å². The molecular formula is C26H28N3+. The van der Waals surface area contributed by atoms with Gasteiger partial charge < -0.3 is 5.41 Å². The van der Waals surface area contributed by atoms with Gasteiger partial charge in [0.25, 0.3) is 5.84 Å². The maximum Gasteiger partial charge on any atom is 0.266 e. The van der Waals surface area contributed by atoms with Crippen molar-refractivity contribution in [1.29, 1.82) is 5.41 Å². The van der Waals surface area contributed by atoms with Gasteiger partial charge in [-0.25, -0.2) is 0 Å². The van der Waals surface area contributed by atoms with Crippen LogP contribution in [0, 0.1) is 35.0 Å². The van der Waals surface area contributed by atoms with Crippen LogP contribution in [-0.4, -0.2) is 33.3 Å². The van der Waals surface area contributed by atoms with Crippen LogP contribution < -0.4 is 0 Å². The van der Waals surface area contributed by atoms with Crippen LogP contribution in [0.15, 0.2) is 60.7 Å². The Kier molecular flexibility index (Phi) is 3.51. The molecule has 2 aromatic carbocycles. The number of nitrogens with zero attached hydrogens (tertiary/aromatic N) is 2. The summed E-state index contributed by atoms with van der Waals surface area (Å²) in [6.45, 7) is 8.23. The Morgan fingerprint density at radius 1 is 0.862 bits per heavy atom. The molecule has 29 heavy (non-hydrogen) atoms. The SMILES string of the molecule is C[C@H]1[C@H]2C(=N)C3C=CC3[N+](=C2n2c3ccccc3c3ccccc32)C[C@@H](C)[C@H]1C. The second kappa shape index (κ2) is 5.91. The van der Waals surface area contributed by atoms with Crippen molar-refractivity contribution in [2.24, 2.45) is 29.6 Å². The predicted molar refractivity (Wildman–Crippen MR) is 120 cm³/mol. The van der Waals surface area contributed by atoms with Crippen LogP contribution in [-0.2, 0) is 0 Å². The molecule has 3 aromatic rings. The quantitative estimate of drug-likeness (QED) is 0.410. The highest BCUT2D eigenvalue weighted by atomic mass is 15.2. The molecule has 0 saturated heterocycles. The number of fused-ring (bicyclic) bond motifs is 6. The van der Waals surface area contributed by atoms with Crippen LogP contribution in [0.1, 0.15) is 20.8 Å². The zero-order chi connectivity index (χ0) is 19.9. The fourth-order valence-electron chi connectivity index (χ4n) is 6.05. The normalized spacial score (nSPS) is 33.7. The summed E-state index contributed by atoms with van der Waals surface area (Å²) >= 11 is 0. The van der Waals surface area contributed by atoms with Gasteiger partial charge in [0.15, 0.2) is 0 Å². The lowest BCUT2D eigenvalue weighted by atomic mass is 9.69. The van der Waals surface area contributed by atoms with Crippen molar-refractivity contribution in [2.75, 3.05) is 6.54 Å². The highest BCUT2D eigenvalue weighted by Gasteiger charge is 2.53. The first-order valence-electron chi connectivity index (χ1n) is 11.0. The van der Waals surface area contributed by atoms with Gasteiger partial charge in [-0.05, 0) is 48.1 Å². The Bertz CT molecular complexity index is 1170. The van der Waals surface area contributed by atoms with E-state index in [9.17, 15) is 5.41 Å². The monoisotopic (exact) mass is 382 g/mol. The highest BCUT2D eigenvalue weighted by molar-refractivity contribution is 6.18. The summed E-state index contributed by atoms with van der Waals surface area (Å²) < 4.78 is 5.14. The molecule has 2 bridgehead atoms. The second-order valence-corrected chi connectivity index (χ2v) is 9.41. The third-order valence-electron chi connectivity index (χ3n) is 8.06. The van der Waals surface area contributed by atoms with Gasteiger partial charge in [-0.1, -0.05) is 51.1 Å². The van der Waals surface area contributed by atoms with E-state index in [1.54, 1.807) is 0 Å². The molecule has 0 fully saturated rings. The Morgan fingerprint density at radius 3 is 2.07 bits per heavy atom. The Labute approximate surface area is 171 Å². The Hall–Kier alpha value is -2.68. The lowest BCUT2D eigenvalue weighted by molar-refractivity contribution is -0.572. The van der Waals surface area contributed by atoms with E-state index in [0.29, 0.717) is 23.8 Å². The van der Waals surface area contributed by atoms with Gasteiger partial charge in [-0.2, -0.15) is 4.57 Å². The van der Waals surface area contributed by atoms with Gasteiger partial charge in [0.2, 0.25) is 0 Å². The number of hydrogen-bond donors (Lipinski definition) is 1. The van der Waals surface area contributed by atoms with Crippen LogP contribution in [0.3, 0.4) is 0 Å². The molecule has 0 spiro atoms. The molecule has 0 radical (unpaired) electrons. The zero-order valence-electron chi connectivity index (χ0n) is 17.3. The number of nitrogens with one attached hydrogen (secondary N) is 1. The van der Waals surface area contributed by atoms with Crippen LogP contribution in [0.25, 0.3) is 21.8 Å². The summed E-state index contributed by atoms with van der Waals surface area (Å²) in [5.74, 6) is 3.44. The van der Waals surface area contributed by atoms with Crippen molar-refractivity contribution in [2.45, 2.75) is 26.8 Å². The maximum atomic E-state index is 9.18. The zero-order valence-corrected chi connectivity index (χ0v) is 17.3. The van der Waals surface area contributed by atoms with Gasteiger partial charge in [-0.15, -0.1) is 0 Å². The molecule has 0 amide bonds. The van der Waals surface area contributed by atoms with E-state index < -0.39 is 0 Å². The third-order valence-corrected chi connectivity index (χ3v) is 8.06. The van der Waals surface area contributed by atoms with E-state index >= 15 is 0 Å². The smallest absolute Gasteiger partial charge is 0.266 e. The Morgan fingerprint density at radius 2 is 1.48 bits per heavy atom. The van der Waals surface area contributed by atoms with Crippen molar-refractivity contribution < 1.29 is 4.58 Å². The first kappa shape index (κ1) is 17.2. The van der Waals surface area contributed by atoms with Crippen molar-refractivity contribution in [3.63, 3.8) is 0 Å². The number of para-hydroxylation sites is 2. The average molecular weight is 383 g/mol. The molecule has 146 valence electrons. The molecule has 3 heterocycles. The molecule has 1 aliphatic carbocycles. The molecule has 6 atom stereocenters. The molecule has 2 aliphatic heterocycles. The largest absolute Gasteiger partial charge is 0.308 e. The highest BCUT2D eigenvalue weighted by Crippen LogP contribution is 2.43. The fourth-order valence-corrected chi connectivity index (χ4v) is 6.05. The van der Waals surface area contributed by atoms with Gasteiger partial charge in [-0.3, -0.25) is 4.58 Å². The van der Waals surface area contributed by atoms with Gasteiger partial charge in [0.05, 0.1) is 12.5 Å². The minimum Gasteiger partial charge on any atom is -0.308 e.